The van der Waals surface area contributed by atoms with E-state index in [2.05, 4.69) is 0 Å². The summed E-state index contributed by atoms with van der Waals surface area (Å²) in [6, 6.07) is 2.53. The first-order chi connectivity index (χ1) is 7.25. The van der Waals surface area contributed by atoms with E-state index in [1.807, 2.05) is 0 Å². The molecule has 1 rings (SSSR count). The van der Waals surface area contributed by atoms with Gasteiger partial charge in [-0.2, -0.15) is 8.42 Å². The fourth-order valence-corrected chi connectivity index (χ4v) is 1.83. The number of carboxylic acid groups (broad SMARTS) is 2. The van der Waals surface area contributed by atoms with E-state index >= 15 is 0 Å². The van der Waals surface area contributed by atoms with Crippen LogP contribution in [0.2, 0.25) is 0 Å². The normalized spacial score (nSPS) is 10.4. The predicted molar refractivity (Wildman–Crippen MR) is 50.7 cm³/mol. The second kappa shape index (κ2) is 5.78. The quantitative estimate of drug-likeness (QED) is 0.470. The van der Waals surface area contributed by atoms with Crippen LogP contribution in [0.1, 0.15) is 20.7 Å². The Morgan fingerprint density at radius 3 is 2.00 bits per heavy atom. The van der Waals surface area contributed by atoms with Crippen LogP contribution in [0.3, 0.4) is 0 Å². The van der Waals surface area contributed by atoms with Gasteiger partial charge in [-0.1, -0.05) is 12.1 Å². The second-order valence-corrected chi connectivity index (χ2v) is 4.12. The van der Waals surface area contributed by atoms with Crippen LogP contribution in [0, 0.1) is 0 Å². The number of carboxylic acids is 2. The Bertz CT molecular complexity index is 563. The van der Waals surface area contributed by atoms with E-state index in [4.69, 9.17) is 4.55 Å². The van der Waals surface area contributed by atoms with Crippen molar-refractivity contribution >= 4 is 59.8 Å². The smallest absolute Gasteiger partial charge is 0.545 e. The minimum absolute atomic E-state index is 0. The predicted octanol–water partition coefficient (Wildman–Crippen LogP) is -2.72. The summed E-state index contributed by atoms with van der Waals surface area (Å²) in [7, 11) is -4.85. The summed E-state index contributed by atoms with van der Waals surface area (Å²) in [6.45, 7) is 0. The van der Waals surface area contributed by atoms with Crippen molar-refractivity contribution in [3.8, 4) is 0 Å². The molecule has 0 aliphatic heterocycles. The molecule has 86 valence electrons. The molecule has 0 atom stereocenters. The summed E-state index contributed by atoms with van der Waals surface area (Å²) in [5, 5.41) is 21.1. The Hall–Kier alpha value is -0.670. The number of carbonyl (C=O) groups is 2. The van der Waals surface area contributed by atoms with Crippen LogP contribution in [0.5, 0.6) is 0 Å². The van der Waals surface area contributed by atoms with Crippen molar-refractivity contribution < 1.29 is 32.8 Å². The molecular weight excluding hydrogens is 280 g/mol. The molecule has 1 aromatic carbocycles. The monoisotopic (exact) mass is 284 g/mol. The summed E-state index contributed by atoms with van der Waals surface area (Å²) in [6.07, 6.45) is 0. The molecule has 9 heteroatoms. The van der Waals surface area contributed by atoms with Crippen molar-refractivity contribution in [2.75, 3.05) is 0 Å². The maximum absolute atomic E-state index is 10.8. The zero-order valence-corrected chi connectivity index (χ0v) is 11.3. The Morgan fingerprint density at radius 2 is 1.65 bits per heavy atom. The van der Waals surface area contributed by atoms with Crippen molar-refractivity contribution in [1.82, 2.24) is 0 Å². The first-order valence-electron chi connectivity index (χ1n) is 3.78. The number of hydrogen-bond donors (Lipinski definition) is 1. The van der Waals surface area contributed by atoms with Crippen LogP contribution in [-0.4, -0.2) is 62.6 Å². The van der Waals surface area contributed by atoms with E-state index in [1.54, 1.807) is 0 Å². The third kappa shape index (κ3) is 3.65. The van der Waals surface area contributed by atoms with E-state index < -0.39 is 38.1 Å². The molecule has 0 aliphatic rings. The number of hydrogen-bond acceptors (Lipinski definition) is 6. The maximum Gasteiger partial charge on any atom is 2.00 e. The molecule has 0 radical (unpaired) electrons. The van der Waals surface area contributed by atoms with E-state index in [-0.39, 0.29) is 37.7 Å². The summed E-state index contributed by atoms with van der Waals surface area (Å²) in [4.78, 5) is 20.1. The Balaban J connectivity index is 0.00000256. The van der Waals surface area contributed by atoms with Crippen molar-refractivity contribution in [3.05, 3.63) is 29.3 Å². The molecular formula is C8H4CaO7S. The van der Waals surface area contributed by atoms with Gasteiger partial charge in [0.15, 0.2) is 0 Å². The molecule has 0 unspecified atom stereocenters. The van der Waals surface area contributed by atoms with Gasteiger partial charge in [0.1, 0.15) is 4.90 Å². The van der Waals surface area contributed by atoms with Gasteiger partial charge >= 0.3 is 37.7 Å². The average molecular weight is 284 g/mol. The van der Waals surface area contributed by atoms with Gasteiger partial charge in [-0.25, -0.2) is 0 Å². The summed E-state index contributed by atoms with van der Waals surface area (Å²) in [5.41, 5.74) is -2.01. The minimum Gasteiger partial charge on any atom is -0.545 e. The Kier molecular flexibility index (Phi) is 5.56. The third-order valence-electron chi connectivity index (χ3n) is 1.73. The van der Waals surface area contributed by atoms with Crippen LogP contribution in [0.4, 0.5) is 0 Å². The molecule has 0 amide bonds. The van der Waals surface area contributed by atoms with Gasteiger partial charge in [-0.05, 0) is 6.07 Å². The van der Waals surface area contributed by atoms with Crippen molar-refractivity contribution in [3.63, 3.8) is 0 Å². The SMILES string of the molecule is O=C([O-])c1cccc(S(=O)(=O)O)c1C(=O)[O-].[Ca+2]. The van der Waals surface area contributed by atoms with E-state index in [1.165, 1.54) is 0 Å². The van der Waals surface area contributed by atoms with Gasteiger partial charge < -0.3 is 19.8 Å². The van der Waals surface area contributed by atoms with Crippen LogP contribution in [0.15, 0.2) is 23.1 Å². The minimum atomic E-state index is -4.85. The van der Waals surface area contributed by atoms with Gasteiger partial charge in [-0.15, -0.1) is 0 Å². The van der Waals surface area contributed by atoms with Crippen molar-refractivity contribution in [2.45, 2.75) is 4.90 Å². The molecule has 0 saturated heterocycles. The maximum atomic E-state index is 10.8. The van der Waals surface area contributed by atoms with Crippen molar-refractivity contribution in [2.24, 2.45) is 0 Å². The first-order valence-corrected chi connectivity index (χ1v) is 5.22. The Labute approximate surface area is 126 Å². The molecule has 0 spiro atoms. The molecule has 0 heterocycles. The zero-order chi connectivity index (χ0) is 12.5. The van der Waals surface area contributed by atoms with Crippen LogP contribution in [-0.2, 0) is 10.1 Å². The van der Waals surface area contributed by atoms with Gasteiger partial charge in [-0.3, -0.25) is 4.55 Å². The number of aromatic carboxylic acids is 2. The number of rotatable bonds is 3. The molecule has 17 heavy (non-hydrogen) atoms. The summed E-state index contributed by atoms with van der Waals surface area (Å²) in [5.74, 6) is -3.92. The van der Waals surface area contributed by atoms with Gasteiger partial charge in [0.05, 0.1) is 11.9 Å². The standard InChI is InChI=1S/C8H6O7S.Ca/c9-7(10)4-2-1-3-5(16(13,14)15)6(4)8(11)12;/h1-3H,(H,9,10)(H,11,12)(H,13,14,15);/q;+2/p-2. The van der Waals surface area contributed by atoms with Gasteiger partial charge in [0.2, 0.25) is 0 Å². The summed E-state index contributed by atoms with van der Waals surface area (Å²) < 4.78 is 30.3. The zero-order valence-electron chi connectivity index (χ0n) is 8.24. The first kappa shape index (κ1) is 16.3. The third-order valence-corrected chi connectivity index (χ3v) is 2.62. The molecule has 7 nitrogen and oxygen atoms in total. The summed E-state index contributed by atoms with van der Waals surface area (Å²) >= 11 is 0. The van der Waals surface area contributed by atoms with E-state index in [0.29, 0.717) is 0 Å². The largest absolute Gasteiger partial charge is 2.00 e. The number of benzene rings is 1. The number of carbonyl (C=O) groups excluding carboxylic acids is 2. The fourth-order valence-electron chi connectivity index (χ4n) is 1.13. The molecule has 0 fully saturated rings. The molecule has 0 saturated carbocycles. The topological polar surface area (TPSA) is 135 Å². The van der Waals surface area contributed by atoms with Gasteiger partial charge in [0, 0.05) is 11.1 Å². The molecule has 1 N–H and O–H groups in total. The van der Waals surface area contributed by atoms with E-state index in [0.717, 1.165) is 18.2 Å². The van der Waals surface area contributed by atoms with Crippen LogP contribution < -0.4 is 10.2 Å². The average Bonchev–Trinajstić information content (AvgIpc) is 2.14. The second-order valence-electron chi connectivity index (χ2n) is 2.73. The van der Waals surface area contributed by atoms with Crippen LogP contribution >= 0.6 is 0 Å². The molecule has 0 aliphatic carbocycles. The molecule has 0 bridgehead atoms. The van der Waals surface area contributed by atoms with Crippen LogP contribution in [0.25, 0.3) is 0 Å². The van der Waals surface area contributed by atoms with Gasteiger partial charge in [0.25, 0.3) is 10.1 Å². The molecule has 0 aromatic heterocycles. The van der Waals surface area contributed by atoms with E-state index in [9.17, 15) is 28.2 Å². The Morgan fingerprint density at radius 1 is 1.12 bits per heavy atom. The molecule has 1 aromatic rings. The fraction of sp³-hybridized carbons (Fsp3) is 0. The van der Waals surface area contributed by atoms with Crippen molar-refractivity contribution in [1.29, 1.82) is 0 Å².